The van der Waals surface area contributed by atoms with Crippen LogP contribution in [-0.2, 0) is 11.8 Å². The summed E-state index contributed by atoms with van der Waals surface area (Å²) in [5, 5.41) is 7.05. The molecule has 6 heteroatoms. The predicted molar refractivity (Wildman–Crippen MR) is 69.4 cm³/mol. The first-order valence-corrected chi connectivity index (χ1v) is 6.25. The molecule has 2 heterocycles. The van der Waals surface area contributed by atoms with E-state index in [2.05, 4.69) is 10.4 Å². The molecule has 0 bridgehead atoms. The molecule has 1 aromatic heterocycles. The number of nitrogens with zero attached hydrogens (tertiary/aromatic N) is 2. The smallest absolute Gasteiger partial charge is 0.226 e. The van der Waals surface area contributed by atoms with Crippen molar-refractivity contribution in [1.82, 2.24) is 9.78 Å². The average Bonchev–Trinajstić information content (AvgIpc) is 2.67. The molecule has 0 spiro atoms. The van der Waals surface area contributed by atoms with E-state index in [1.165, 1.54) is 6.07 Å². The van der Waals surface area contributed by atoms with E-state index in [-0.39, 0.29) is 18.2 Å². The summed E-state index contributed by atoms with van der Waals surface area (Å²) in [4.78, 5) is 11.8. The molecule has 4 nitrogen and oxygen atoms in total. The molecule has 20 heavy (non-hydrogen) atoms. The van der Waals surface area contributed by atoms with Crippen LogP contribution in [0.3, 0.4) is 0 Å². The fourth-order valence-electron chi connectivity index (χ4n) is 2.72. The minimum absolute atomic E-state index is 0.157. The molecule has 0 saturated carbocycles. The number of anilines is 1. The van der Waals surface area contributed by atoms with Crippen molar-refractivity contribution in [2.75, 3.05) is 5.32 Å². The van der Waals surface area contributed by atoms with Crippen molar-refractivity contribution in [1.29, 1.82) is 0 Å². The third kappa shape index (κ3) is 1.88. The van der Waals surface area contributed by atoms with Gasteiger partial charge in [0.15, 0.2) is 11.6 Å². The standard InChI is InChI=1S/C14H13F2N3O/c1-7-13-9(8-3-4-10(15)11(16)5-8)6-12(20)17-14(13)19(2)18-7/h3-5,9H,6H2,1-2H3,(H,17,20)/t9-/m1/s1. The molecule has 3 rings (SSSR count). The van der Waals surface area contributed by atoms with Gasteiger partial charge < -0.3 is 5.32 Å². The maximum Gasteiger partial charge on any atom is 0.226 e. The highest BCUT2D eigenvalue weighted by Gasteiger charge is 2.31. The van der Waals surface area contributed by atoms with Crippen LogP contribution in [0.1, 0.15) is 29.2 Å². The molecule has 0 radical (unpaired) electrons. The van der Waals surface area contributed by atoms with Crippen molar-refractivity contribution in [3.63, 3.8) is 0 Å². The Morgan fingerprint density at radius 3 is 2.80 bits per heavy atom. The number of nitrogens with one attached hydrogen (secondary N) is 1. The van der Waals surface area contributed by atoms with Gasteiger partial charge in [0.05, 0.1) is 5.69 Å². The van der Waals surface area contributed by atoms with Crippen LogP contribution in [0.15, 0.2) is 18.2 Å². The highest BCUT2D eigenvalue weighted by atomic mass is 19.2. The van der Waals surface area contributed by atoms with E-state index in [4.69, 9.17) is 0 Å². The van der Waals surface area contributed by atoms with E-state index in [0.717, 1.165) is 23.4 Å². The van der Waals surface area contributed by atoms with Crippen molar-refractivity contribution >= 4 is 11.7 Å². The molecule has 1 N–H and O–H groups in total. The van der Waals surface area contributed by atoms with Crippen LogP contribution in [-0.4, -0.2) is 15.7 Å². The van der Waals surface area contributed by atoms with Gasteiger partial charge >= 0.3 is 0 Å². The molecule has 104 valence electrons. The number of carbonyl (C=O) groups is 1. The number of amides is 1. The quantitative estimate of drug-likeness (QED) is 0.870. The highest BCUT2D eigenvalue weighted by Crippen LogP contribution is 2.39. The van der Waals surface area contributed by atoms with E-state index >= 15 is 0 Å². The van der Waals surface area contributed by atoms with Crippen molar-refractivity contribution < 1.29 is 13.6 Å². The van der Waals surface area contributed by atoms with E-state index < -0.39 is 11.6 Å². The molecular formula is C14H13F2N3O. The Bertz CT molecular complexity index is 709. The topological polar surface area (TPSA) is 46.9 Å². The third-order valence-corrected chi connectivity index (χ3v) is 3.61. The predicted octanol–water partition coefficient (Wildman–Crippen LogP) is 2.48. The number of carbonyl (C=O) groups excluding carboxylic acids is 1. The number of benzene rings is 1. The van der Waals surface area contributed by atoms with Crippen molar-refractivity contribution in [2.24, 2.45) is 7.05 Å². The lowest BCUT2D eigenvalue weighted by Crippen LogP contribution is -2.24. The highest BCUT2D eigenvalue weighted by molar-refractivity contribution is 5.94. The van der Waals surface area contributed by atoms with Crippen molar-refractivity contribution in [3.05, 3.63) is 46.7 Å². The first-order valence-electron chi connectivity index (χ1n) is 6.25. The largest absolute Gasteiger partial charge is 0.311 e. The molecular weight excluding hydrogens is 264 g/mol. The van der Waals surface area contributed by atoms with Crippen LogP contribution in [0.25, 0.3) is 0 Å². The third-order valence-electron chi connectivity index (χ3n) is 3.61. The Morgan fingerprint density at radius 1 is 1.35 bits per heavy atom. The Hall–Kier alpha value is -2.24. The summed E-state index contributed by atoms with van der Waals surface area (Å²) in [6.45, 7) is 1.84. The van der Waals surface area contributed by atoms with Crippen LogP contribution in [0.4, 0.5) is 14.6 Å². The minimum atomic E-state index is -0.906. The van der Waals surface area contributed by atoms with Crippen molar-refractivity contribution in [2.45, 2.75) is 19.3 Å². The average molecular weight is 277 g/mol. The molecule has 1 amide bonds. The van der Waals surface area contributed by atoms with Gasteiger partial charge in [-0.3, -0.25) is 9.48 Å². The molecule has 0 fully saturated rings. The Morgan fingerprint density at radius 2 is 2.10 bits per heavy atom. The molecule has 0 saturated heterocycles. The van der Waals surface area contributed by atoms with Crippen LogP contribution in [0.2, 0.25) is 0 Å². The van der Waals surface area contributed by atoms with Crippen LogP contribution >= 0.6 is 0 Å². The molecule has 0 aliphatic carbocycles. The van der Waals surface area contributed by atoms with Gasteiger partial charge in [-0.25, -0.2) is 8.78 Å². The van der Waals surface area contributed by atoms with E-state index in [0.29, 0.717) is 11.4 Å². The number of aromatic nitrogens is 2. The number of fused-ring (bicyclic) bond motifs is 1. The Labute approximate surface area is 114 Å². The van der Waals surface area contributed by atoms with Gasteiger partial charge in [-0.1, -0.05) is 6.07 Å². The number of hydrogen-bond donors (Lipinski definition) is 1. The lowest BCUT2D eigenvalue weighted by molar-refractivity contribution is -0.116. The van der Waals surface area contributed by atoms with Gasteiger partial charge in [0.2, 0.25) is 5.91 Å². The lowest BCUT2D eigenvalue weighted by atomic mass is 9.86. The Balaban J connectivity index is 2.15. The van der Waals surface area contributed by atoms with Crippen molar-refractivity contribution in [3.8, 4) is 0 Å². The summed E-state index contributed by atoms with van der Waals surface area (Å²) in [5.74, 6) is -1.64. The molecule has 1 aromatic carbocycles. The molecule has 2 aromatic rings. The van der Waals surface area contributed by atoms with Gasteiger partial charge in [0, 0.05) is 24.9 Å². The second kappa shape index (κ2) is 4.40. The van der Waals surface area contributed by atoms with Gasteiger partial charge in [-0.15, -0.1) is 0 Å². The molecule has 1 aliphatic heterocycles. The SMILES string of the molecule is Cc1nn(C)c2c1[C@@H](c1ccc(F)c(F)c1)CC(=O)N2. The normalized spacial score (nSPS) is 17.8. The summed E-state index contributed by atoms with van der Waals surface area (Å²) in [5.41, 5.74) is 2.21. The Kier molecular flexibility index (Phi) is 2.81. The first kappa shape index (κ1) is 12.8. The van der Waals surface area contributed by atoms with E-state index in [9.17, 15) is 13.6 Å². The van der Waals surface area contributed by atoms with Gasteiger partial charge in [-0.2, -0.15) is 5.10 Å². The van der Waals surface area contributed by atoms with Crippen LogP contribution in [0.5, 0.6) is 0 Å². The van der Waals surface area contributed by atoms with E-state index in [1.54, 1.807) is 11.7 Å². The maximum atomic E-state index is 13.4. The summed E-state index contributed by atoms with van der Waals surface area (Å²) in [6.07, 6.45) is 0.199. The number of aryl methyl sites for hydroxylation is 2. The fraction of sp³-hybridized carbons (Fsp3) is 0.286. The zero-order valence-corrected chi connectivity index (χ0v) is 11.1. The van der Waals surface area contributed by atoms with Crippen LogP contribution < -0.4 is 5.32 Å². The summed E-state index contributed by atoms with van der Waals surface area (Å²) < 4.78 is 28.1. The minimum Gasteiger partial charge on any atom is -0.311 e. The monoisotopic (exact) mass is 277 g/mol. The second-order valence-corrected chi connectivity index (χ2v) is 4.95. The van der Waals surface area contributed by atoms with Gasteiger partial charge in [0.1, 0.15) is 5.82 Å². The number of rotatable bonds is 1. The second-order valence-electron chi connectivity index (χ2n) is 4.95. The number of hydrogen-bond acceptors (Lipinski definition) is 2. The zero-order valence-electron chi connectivity index (χ0n) is 11.1. The fourth-order valence-corrected chi connectivity index (χ4v) is 2.72. The van der Waals surface area contributed by atoms with Crippen LogP contribution in [0, 0.1) is 18.6 Å². The first-order chi connectivity index (χ1) is 9.47. The zero-order chi connectivity index (χ0) is 14.4. The maximum absolute atomic E-state index is 13.4. The van der Waals surface area contributed by atoms with E-state index in [1.807, 2.05) is 6.92 Å². The summed E-state index contributed by atoms with van der Waals surface area (Å²) in [6, 6.07) is 3.75. The summed E-state index contributed by atoms with van der Waals surface area (Å²) in [7, 11) is 1.74. The number of halogens is 2. The lowest BCUT2D eigenvalue weighted by Gasteiger charge is -2.24. The molecule has 1 aliphatic rings. The molecule has 0 unspecified atom stereocenters. The summed E-state index contributed by atoms with van der Waals surface area (Å²) >= 11 is 0. The molecule has 1 atom stereocenters. The van der Waals surface area contributed by atoms with Gasteiger partial charge in [-0.05, 0) is 24.6 Å². The van der Waals surface area contributed by atoms with Gasteiger partial charge in [0.25, 0.3) is 0 Å².